The predicted octanol–water partition coefficient (Wildman–Crippen LogP) is 1.95. The number of nitrogens with one attached hydrogen (secondary N) is 1. The number of imide groups is 1. The molecule has 0 aromatic heterocycles. The number of nitrogens with zero attached hydrogens (tertiary/aromatic N) is 3. The number of carbonyl (C=O) groups is 4. The van der Waals surface area contributed by atoms with E-state index >= 15 is 0 Å². The minimum atomic E-state index is -1.13. The highest BCUT2D eigenvalue weighted by atomic mass is 16.4. The first-order valence-corrected chi connectivity index (χ1v) is 12.7. The van der Waals surface area contributed by atoms with Crippen molar-refractivity contribution in [3.05, 3.63) is 48.0 Å². The Kier molecular flexibility index (Phi) is 6.91. The Morgan fingerprint density at radius 3 is 2.28 bits per heavy atom. The number of aliphatic carboxylic acids is 1. The van der Waals surface area contributed by atoms with Crippen molar-refractivity contribution in [1.29, 1.82) is 0 Å². The third-order valence-corrected chi connectivity index (χ3v) is 7.79. The number of β-lactam (4-membered cyclic amide) rings is 1. The quantitative estimate of drug-likeness (QED) is 0.618. The summed E-state index contributed by atoms with van der Waals surface area (Å²) in [5.74, 6) is -1.87. The number of amides is 4. The van der Waals surface area contributed by atoms with E-state index in [1.54, 1.807) is 4.90 Å². The van der Waals surface area contributed by atoms with Gasteiger partial charge in [0.15, 0.2) is 6.04 Å². The first-order valence-electron chi connectivity index (χ1n) is 12.7. The lowest BCUT2D eigenvalue weighted by atomic mass is 9.78. The van der Waals surface area contributed by atoms with Crippen LogP contribution in [0.3, 0.4) is 0 Å². The van der Waals surface area contributed by atoms with Crippen LogP contribution in [0, 0.1) is 11.8 Å². The molecule has 36 heavy (non-hydrogen) atoms. The number of carboxylic acid groups (broad SMARTS) is 1. The standard InChI is InChI=1S/C27H32N4O5/c32-23(17-19-5-6-20-3-1-2-4-21(20)15-19)29-11-13-30(14-12-29)27(36)31-24(26(34)35)22(25(31)33)16-18-7-9-28-10-8-18/h1-6,15,18,22,24,28H,7-14,16-17H2,(H,34,35)/t22-,24+/m1/s1. The Bertz CT molecular complexity index is 1170. The van der Waals surface area contributed by atoms with Crippen LogP contribution in [0.15, 0.2) is 42.5 Å². The van der Waals surface area contributed by atoms with E-state index in [9.17, 15) is 24.3 Å². The molecule has 0 spiro atoms. The number of rotatable bonds is 5. The van der Waals surface area contributed by atoms with Crippen LogP contribution >= 0.6 is 0 Å². The van der Waals surface area contributed by atoms with Gasteiger partial charge >= 0.3 is 12.0 Å². The topological polar surface area (TPSA) is 110 Å². The van der Waals surface area contributed by atoms with Gasteiger partial charge < -0.3 is 20.2 Å². The summed E-state index contributed by atoms with van der Waals surface area (Å²) < 4.78 is 0. The fourth-order valence-electron chi connectivity index (χ4n) is 5.69. The first kappa shape index (κ1) is 24.2. The predicted molar refractivity (Wildman–Crippen MR) is 133 cm³/mol. The summed E-state index contributed by atoms with van der Waals surface area (Å²) in [4.78, 5) is 54.9. The van der Waals surface area contributed by atoms with E-state index in [1.807, 2.05) is 42.5 Å². The Hall–Kier alpha value is -3.46. The number of likely N-dealkylation sites (tertiary alicyclic amines) is 1. The molecule has 3 fully saturated rings. The van der Waals surface area contributed by atoms with Crippen LogP contribution in [-0.4, -0.2) is 88.9 Å². The summed E-state index contributed by atoms with van der Waals surface area (Å²) in [5, 5.41) is 15.2. The monoisotopic (exact) mass is 492 g/mol. The molecule has 0 unspecified atom stereocenters. The smallest absolute Gasteiger partial charge is 0.327 e. The molecule has 0 bridgehead atoms. The summed E-state index contributed by atoms with van der Waals surface area (Å²) in [6.45, 7) is 3.01. The zero-order chi connectivity index (χ0) is 25.2. The van der Waals surface area contributed by atoms with E-state index in [2.05, 4.69) is 5.32 Å². The maximum atomic E-state index is 13.1. The number of piperazine rings is 1. The summed E-state index contributed by atoms with van der Waals surface area (Å²) in [7, 11) is 0. The molecule has 2 aromatic carbocycles. The normalized spacial score (nSPS) is 23.0. The van der Waals surface area contributed by atoms with E-state index in [0.717, 1.165) is 47.2 Å². The van der Waals surface area contributed by atoms with Gasteiger partial charge in [-0.1, -0.05) is 42.5 Å². The molecule has 2 atom stereocenters. The molecule has 0 radical (unpaired) electrons. The van der Waals surface area contributed by atoms with Gasteiger partial charge in [-0.05, 0) is 54.6 Å². The molecule has 2 N–H and O–H groups in total. The van der Waals surface area contributed by atoms with Crippen molar-refractivity contribution in [2.75, 3.05) is 39.3 Å². The number of benzene rings is 2. The lowest BCUT2D eigenvalue weighted by molar-refractivity contribution is -0.167. The van der Waals surface area contributed by atoms with Gasteiger partial charge in [-0.3, -0.25) is 9.59 Å². The molecule has 2 aromatic rings. The van der Waals surface area contributed by atoms with Gasteiger partial charge in [0.05, 0.1) is 12.3 Å². The van der Waals surface area contributed by atoms with Crippen LogP contribution in [0.2, 0.25) is 0 Å². The van der Waals surface area contributed by atoms with E-state index < -0.39 is 24.0 Å². The molecule has 9 heteroatoms. The fraction of sp³-hybridized carbons (Fsp3) is 0.481. The summed E-state index contributed by atoms with van der Waals surface area (Å²) in [6.07, 6.45) is 2.62. The largest absolute Gasteiger partial charge is 0.480 e. The van der Waals surface area contributed by atoms with E-state index in [-0.39, 0.29) is 31.3 Å². The van der Waals surface area contributed by atoms with Gasteiger partial charge in [0.2, 0.25) is 11.8 Å². The molecule has 0 saturated carbocycles. The maximum Gasteiger partial charge on any atom is 0.327 e. The number of piperidine rings is 1. The number of carbonyl (C=O) groups excluding carboxylic acids is 3. The van der Waals surface area contributed by atoms with E-state index in [4.69, 9.17) is 0 Å². The number of fused-ring (bicyclic) bond motifs is 1. The van der Waals surface area contributed by atoms with Gasteiger partial charge in [-0.15, -0.1) is 0 Å². The molecule has 4 amide bonds. The lowest BCUT2D eigenvalue weighted by Crippen LogP contribution is -2.69. The second-order valence-electron chi connectivity index (χ2n) is 10.0. The number of hydrogen-bond donors (Lipinski definition) is 2. The molecule has 3 aliphatic heterocycles. The van der Waals surface area contributed by atoms with Crippen LogP contribution in [0.4, 0.5) is 4.79 Å². The molecule has 3 aliphatic rings. The van der Waals surface area contributed by atoms with E-state index in [1.165, 1.54) is 4.90 Å². The molecular formula is C27H32N4O5. The van der Waals surface area contributed by atoms with Crippen LogP contribution in [0.1, 0.15) is 24.8 Å². The van der Waals surface area contributed by atoms with Crippen LogP contribution in [-0.2, 0) is 20.8 Å². The highest BCUT2D eigenvalue weighted by Crippen LogP contribution is 2.35. The average molecular weight is 493 g/mol. The van der Waals surface area contributed by atoms with Crippen molar-refractivity contribution in [2.45, 2.75) is 31.7 Å². The fourth-order valence-corrected chi connectivity index (χ4v) is 5.69. The number of carboxylic acids is 1. The van der Waals surface area contributed by atoms with Gasteiger partial charge in [0.1, 0.15) is 0 Å². The third-order valence-electron chi connectivity index (χ3n) is 7.79. The van der Waals surface area contributed by atoms with Gasteiger partial charge in [-0.2, -0.15) is 0 Å². The number of hydrogen-bond acceptors (Lipinski definition) is 5. The summed E-state index contributed by atoms with van der Waals surface area (Å²) >= 11 is 0. The third kappa shape index (κ3) is 4.80. The molecule has 0 aliphatic carbocycles. The second-order valence-corrected chi connectivity index (χ2v) is 10.0. The SMILES string of the molecule is O=C(O)[C@@H]1[C@@H](CC2CCNCC2)C(=O)N1C(=O)N1CCN(C(=O)Cc2ccc3ccccc3c2)CC1. The minimum absolute atomic E-state index is 0.0112. The van der Waals surface area contributed by atoms with Crippen molar-refractivity contribution < 1.29 is 24.3 Å². The van der Waals surface area contributed by atoms with Gasteiger partial charge in [0.25, 0.3) is 0 Å². The molecular weight excluding hydrogens is 460 g/mol. The highest BCUT2D eigenvalue weighted by molar-refractivity contribution is 6.07. The van der Waals surface area contributed by atoms with Crippen molar-refractivity contribution in [1.82, 2.24) is 20.0 Å². The van der Waals surface area contributed by atoms with Gasteiger partial charge in [0, 0.05) is 26.2 Å². The van der Waals surface area contributed by atoms with Gasteiger partial charge in [-0.25, -0.2) is 14.5 Å². The Labute approximate surface area is 210 Å². The first-order chi connectivity index (χ1) is 17.4. The summed E-state index contributed by atoms with van der Waals surface area (Å²) in [5.41, 5.74) is 0.937. The molecule has 190 valence electrons. The molecule has 9 nitrogen and oxygen atoms in total. The van der Waals surface area contributed by atoms with Crippen molar-refractivity contribution >= 4 is 34.6 Å². The number of urea groups is 1. The van der Waals surface area contributed by atoms with Crippen molar-refractivity contribution in [2.24, 2.45) is 11.8 Å². The lowest BCUT2D eigenvalue weighted by Gasteiger charge is -2.47. The highest BCUT2D eigenvalue weighted by Gasteiger charge is 2.56. The zero-order valence-electron chi connectivity index (χ0n) is 20.3. The zero-order valence-corrected chi connectivity index (χ0v) is 20.3. The van der Waals surface area contributed by atoms with Crippen LogP contribution < -0.4 is 5.32 Å². The Morgan fingerprint density at radius 2 is 1.58 bits per heavy atom. The second kappa shape index (κ2) is 10.3. The van der Waals surface area contributed by atoms with Crippen molar-refractivity contribution in [3.8, 4) is 0 Å². The maximum absolute atomic E-state index is 13.1. The Morgan fingerprint density at radius 1 is 0.917 bits per heavy atom. The summed E-state index contributed by atoms with van der Waals surface area (Å²) in [6, 6.07) is 12.3. The average Bonchev–Trinajstić information content (AvgIpc) is 2.90. The van der Waals surface area contributed by atoms with Crippen LogP contribution in [0.25, 0.3) is 10.8 Å². The Balaban J connectivity index is 1.15. The minimum Gasteiger partial charge on any atom is -0.480 e. The molecule has 3 heterocycles. The van der Waals surface area contributed by atoms with E-state index in [0.29, 0.717) is 25.4 Å². The van der Waals surface area contributed by atoms with Crippen LogP contribution in [0.5, 0.6) is 0 Å². The molecule has 3 saturated heterocycles. The molecule has 5 rings (SSSR count). The van der Waals surface area contributed by atoms with Crippen molar-refractivity contribution in [3.63, 3.8) is 0 Å².